The Hall–Kier alpha value is -1.43. The minimum absolute atomic E-state index is 0.287. The summed E-state index contributed by atoms with van der Waals surface area (Å²) in [6, 6.07) is 0. The van der Waals surface area contributed by atoms with Gasteiger partial charge in [-0.3, -0.25) is 9.69 Å². The van der Waals surface area contributed by atoms with Gasteiger partial charge in [0, 0.05) is 52.5 Å². The van der Waals surface area contributed by atoms with Crippen molar-refractivity contribution in [2.75, 3.05) is 32.7 Å². The lowest BCUT2D eigenvalue weighted by molar-refractivity contribution is -0.132. The molecule has 6 nitrogen and oxygen atoms in total. The lowest BCUT2D eigenvalue weighted by atomic mass is 10.2. The molecule has 0 radical (unpaired) electrons. The van der Waals surface area contributed by atoms with Crippen molar-refractivity contribution in [2.45, 2.75) is 33.1 Å². The van der Waals surface area contributed by atoms with Crippen molar-refractivity contribution in [3.63, 3.8) is 0 Å². The van der Waals surface area contributed by atoms with Gasteiger partial charge in [0.05, 0.1) is 0 Å². The fourth-order valence-electron chi connectivity index (χ4n) is 2.29. The van der Waals surface area contributed by atoms with Crippen LogP contribution >= 0.6 is 0 Å². The van der Waals surface area contributed by atoms with Gasteiger partial charge in [-0.15, -0.1) is 10.2 Å². The SMILES string of the molecule is CCCC(=O)N1CCN(CCc2nnc(C)o2)CC1. The number of nitrogens with zero attached hydrogens (tertiary/aromatic N) is 4. The molecule has 0 unspecified atom stereocenters. The molecular formula is C13H22N4O2. The summed E-state index contributed by atoms with van der Waals surface area (Å²) in [6.45, 7) is 8.29. The van der Waals surface area contributed by atoms with E-state index in [1.165, 1.54) is 0 Å². The summed E-state index contributed by atoms with van der Waals surface area (Å²) >= 11 is 0. The van der Waals surface area contributed by atoms with Gasteiger partial charge in [-0.05, 0) is 6.42 Å². The monoisotopic (exact) mass is 266 g/mol. The average Bonchev–Trinajstić information content (AvgIpc) is 2.83. The van der Waals surface area contributed by atoms with Crippen LogP contribution in [-0.4, -0.2) is 58.6 Å². The van der Waals surface area contributed by atoms with Gasteiger partial charge in [0.15, 0.2) is 0 Å². The summed E-state index contributed by atoms with van der Waals surface area (Å²) in [7, 11) is 0. The van der Waals surface area contributed by atoms with Crippen molar-refractivity contribution in [3.05, 3.63) is 11.8 Å². The van der Waals surface area contributed by atoms with Gasteiger partial charge in [-0.25, -0.2) is 0 Å². The van der Waals surface area contributed by atoms with E-state index >= 15 is 0 Å². The van der Waals surface area contributed by atoms with E-state index in [4.69, 9.17) is 4.42 Å². The minimum atomic E-state index is 0.287. The van der Waals surface area contributed by atoms with E-state index in [1.807, 2.05) is 11.8 Å². The first-order valence-electron chi connectivity index (χ1n) is 6.98. The number of piperazine rings is 1. The zero-order chi connectivity index (χ0) is 13.7. The van der Waals surface area contributed by atoms with Crippen LogP contribution in [-0.2, 0) is 11.2 Å². The van der Waals surface area contributed by atoms with Crippen LogP contribution in [0.4, 0.5) is 0 Å². The van der Waals surface area contributed by atoms with Crippen molar-refractivity contribution in [1.29, 1.82) is 0 Å². The van der Waals surface area contributed by atoms with Gasteiger partial charge in [-0.1, -0.05) is 6.92 Å². The Balaban J connectivity index is 1.70. The Morgan fingerprint density at radius 3 is 2.58 bits per heavy atom. The van der Waals surface area contributed by atoms with Crippen molar-refractivity contribution in [1.82, 2.24) is 20.0 Å². The number of hydrogen-bond donors (Lipinski definition) is 0. The van der Waals surface area contributed by atoms with Crippen LogP contribution < -0.4 is 0 Å². The summed E-state index contributed by atoms with van der Waals surface area (Å²) in [5.74, 6) is 1.60. The fraction of sp³-hybridized carbons (Fsp3) is 0.769. The van der Waals surface area contributed by atoms with Gasteiger partial charge in [0.1, 0.15) is 0 Å². The summed E-state index contributed by atoms with van der Waals surface area (Å²) in [5, 5.41) is 7.81. The van der Waals surface area contributed by atoms with Crippen LogP contribution in [0.5, 0.6) is 0 Å². The van der Waals surface area contributed by atoms with Gasteiger partial charge in [-0.2, -0.15) is 0 Å². The maximum absolute atomic E-state index is 11.8. The van der Waals surface area contributed by atoms with Crippen LogP contribution in [0.3, 0.4) is 0 Å². The van der Waals surface area contributed by atoms with E-state index in [0.717, 1.165) is 45.6 Å². The molecule has 1 fully saturated rings. The maximum atomic E-state index is 11.8. The highest BCUT2D eigenvalue weighted by Gasteiger charge is 2.20. The molecule has 0 saturated carbocycles. The van der Waals surface area contributed by atoms with E-state index in [9.17, 15) is 4.79 Å². The molecule has 106 valence electrons. The van der Waals surface area contributed by atoms with Crippen LogP contribution in [0, 0.1) is 6.92 Å². The van der Waals surface area contributed by atoms with Crippen molar-refractivity contribution in [3.8, 4) is 0 Å². The molecule has 1 aliphatic heterocycles. The van der Waals surface area contributed by atoms with Gasteiger partial charge < -0.3 is 9.32 Å². The van der Waals surface area contributed by atoms with Crippen molar-refractivity contribution >= 4 is 5.91 Å². The van der Waals surface area contributed by atoms with Crippen LogP contribution in [0.15, 0.2) is 4.42 Å². The molecule has 0 aromatic carbocycles. The predicted molar refractivity (Wildman–Crippen MR) is 70.7 cm³/mol. The highest BCUT2D eigenvalue weighted by molar-refractivity contribution is 5.76. The molecule has 0 bridgehead atoms. The molecule has 1 aromatic heterocycles. The fourth-order valence-corrected chi connectivity index (χ4v) is 2.29. The number of rotatable bonds is 5. The summed E-state index contributed by atoms with van der Waals surface area (Å²) in [6.07, 6.45) is 2.38. The zero-order valence-corrected chi connectivity index (χ0v) is 11.8. The standard InChI is InChI=1S/C13H22N4O2/c1-3-4-13(18)17-9-7-16(8-10-17)6-5-12-15-14-11(2)19-12/h3-10H2,1-2H3. The Bertz CT molecular complexity index is 411. The normalized spacial score (nSPS) is 16.8. The third-order valence-corrected chi connectivity index (χ3v) is 3.40. The molecule has 0 spiro atoms. The second-order valence-corrected chi connectivity index (χ2v) is 4.94. The minimum Gasteiger partial charge on any atom is -0.426 e. The summed E-state index contributed by atoms with van der Waals surface area (Å²) in [4.78, 5) is 16.1. The number of carbonyl (C=O) groups excluding carboxylic acids is 1. The van der Waals surface area contributed by atoms with Crippen molar-refractivity contribution in [2.24, 2.45) is 0 Å². The molecule has 0 aliphatic carbocycles. The average molecular weight is 266 g/mol. The number of aryl methyl sites for hydroxylation is 1. The molecule has 6 heteroatoms. The molecule has 1 saturated heterocycles. The van der Waals surface area contributed by atoms with E-state index in [1.54, 1.807) is 6.92 Å². The maximum Gasteiger partial charge on any atom is 0.222 e. The zero-order valence-electron chi connectivity index (χ0n) is 11.8. The molecule has 19 heavy (non-hydrogen) atoms. The molecule has 2 heterocycles. The number of carbonyl (C=O) groups is 1. The lowest BCUT2D eigenvalue weighted by Gasteiger charge is -2.34. The molecule has 2 rings (SSSR count). The van der Waals surface area contributed by atoms with E-state index in [-0.39, 0.29) is 5.91 Å². The quantitative estimate of drug-likeness (QED) is 0.791. The molecule has 0 N–H and O–H groups in total. The molecule has 0 atom stereocenters. The molecule has 1 aromatic rings. The van der Waals surface area contributed by atoms with Gasteiger partial charge >= 0.3 is 0 Å². The van der Waals surface area contributed by atoms with Crippen LogP contribution in [0.1, 0.15) is 31.5 Å². The largest absolute Gasteiger partial charge is 0.426 e. The topological polar surface area (TPSA) is 62.5 Å². The van der Waals surface area contributed by atoms with E-state index < -0.39 is 0 Å². The molecule has 1 aliphatic rings. The molecular weight excluding hydrogens is 244 g/mol. The Labute approximate surface area is 113 Å². The number of amides is 1. The van der Waals surface area contributed by atoms with Gasteiger partial charge in [0.2, 0.25) is 17.7 Å². The van der Waals surface area contributed by atoms with E-state index in [2.05, 4.69) is 15.1 Å². The number of hydrogen-bond acceptors (Lipinski definition) is 5. The Morgan fingerprint density at radius 2 is 2.00 bits per heavy atom. The summed E-state index contributed by atoms with van der Waals surface area (Å²) in [5.41, 5.74) is 0. The van der Waals surface area contributed by atoms with Crippen LogP contribution in [0.2, 0.25) is 0 Å². The smallest absolute Gasteiger partial charge is 0.222 e. The summed E-state index contributed by atoms with van der Waals surface area (Å²) < 4.78 is 5.35. The third kappa shape index (κ3) is 4.02. The van der Waals surface area contributed by atoms with Crippen molar-refractivity contribution < 1.29 is 9.21 Å². The highest BCUT2D eigenvalue weighted by atomic mass is 16.4. The second kappa shape index (κ2) is 6.65. The van der Waals surface area contributed by atoms with E-state index in [0.29, 0.717) is 18.2 Å². The first-order chi connectivity index (χ1) is 9.19. The highest BCUT2D eigenvalue weighted by Crippen LogP contribution is 2.07. The first-order valence-corrected chi connectivity index (χ1v) is 6.98. The third-order valence-electron chi connectivity index (χ3n) is 3.40. The first kappa shape index (κ1) is 14.0. The lowest BCUT2D eigenvalue weighted by Crippen LogP contribution is -2.49. The Morgan fingerprint density at radius 1 is 1.26 bits per heavy atom. The van der Waals surface area contributed by atoms with Gasteiger partial charge in [0.25, 0.3) is 0 Å². The second-order valence-electron chi connectivity index (χ2n) is 4.94. The number of aromatic nitrogens is 2. The predicted octanol–water partition coefficient (Wildman–Crippen LogP) is 0.865. The molecule has 1 amide bonds. The Kier molecular flexibility index (Phi) is 4.90. The van der Waals surface area contributed by atoms with Crippen LogP contribution in [0.25, 0.3) is 0 Å².